The zero-order valence-electron chi connectivity index (χ0n) is 23.3. The molecule has 1 aromatic heterocycles. The van der Waals surface area contributed by atoms with E-state index in [1.807, 2.05) is 36.4 Å². The van der Waals surface area contributed by atoms with Crippen molar-refractivity contribution in [2.24, 2.45) is 0 Å². The van der Waals surface area contributed by atoms with Crippen molar-refractivity contribution in [1.29, 1.82) is 0 Å². The minimum atomic E-state index is -3.16. The highest BCUT2D eigenvalue weighted by Gasteiger charge is 2.42. The number of fused-ring (bicyclic) bond motifs is 8. The van der Waals surface area contributed by atoms with Crippen LogP contribution in [0.1, 0.15) is 0 Å². The van der Waals surface area contributed by atoms with E-state index >= 15 is 4.57 Å². The van der Waals surface area contributed by atoms with Gasteiger partial charge in [0.05, 0.1) is 16.3 Å². The van der Waals surface area contributed by atoms with E-state index in [0.29, 0.717) is 0 Å². The largest absolute Gasteiger partial charge is 0.309 e. The van der Waals surface area contributed by atoms with Crippen LogP contribution in [-0.4, -0.2) is 4.57 Å². The number of benzene rings is 7. The summed E-state index contributed by atoms with van der Waals surface area (Å²) in [6.07, 6.45) is 0. The lowest BCUT2D eigenvalue weighted by atomic mass is 9.98. The molecule has 0 amide bonds. The zero-order valence-corrected chi connectivity index (χ0v) is 24.2. The topological polar surface area (TPSA) is 22.0 Å². The number of nitrogens with zero attached hydrogens (tertiary/aromatic N) is 1. The maximum Gasteiger partial charge on any atom is 0.174 e. The van der Waals surface area contributed by atoms with Crippen LogP contribution in [0.25, 0.3) is 60.5 Å². The zero-order chi connectivity index (χ0) is 28.5. The summed E-state index contributed by atoms with van der Waals surface area (Å²) in [6, 6.07) is 55.1. The van der Waals surface area contributed by atoms with Gasteiger partial charge in [-0.1, -0.05) is 140 Å². The van der Waals surface area contributed by atoms with Crippen LogP contribution >= 0.6 is 7.14 Å². The quantitative estimate of drug-likeness (QED) is 0.195. The molecule has 2 nitrogen and oxygen atoms in total. The predicted molar refractivity (Wildman–Crippen MR) is 182 cm³/mol. The van der Waals surface area contributed by atoms with Gasteiger partial charge in [0.2, 0.25) is 0 Å². The van der Waals surface area contributed by atoms with Crippen LogP contribution in [0.4, 0.5) is 0 Å². The van der Waals surface area contributed by atoms with Gasteiger partial charge in [0.1, 0.15) is 0 Å². The molecule has 0 fully saturated rings. The highest BCUT2D eigenvalue weighted by molar-refractivity contribution is 7.86. The highest BCUT2D eigenvalue weighted by atomic mass is 31.2. The molecule has 0 N–H and O–H groups in total. The van der Waals surface area contributed by atoms with Crippen LogP contribution < -0.4 is 15.9 Å². The third kappa shape index (κ3) is 3.39. The Balaban J connectivity index is 1.35. The van der Waals surface area contributed by atoms with Gasteiger partial charge in [0.15, 0.2) is 7.14 Å². The van der Waals surface area contributed by atoms with E-state index in [4.69, 9.17) is 0 Å². The van der Waals surface area contributed by atoms with E-state index in [9.17, 15) is 0 Å². The van der Waals surface area contributed by atoms with Crippen molar-refractivity contribution >= 4 is 55.6 Å². The van der Waals surface area contributed by atoms with Crippen LogP contribution in [0.15, 0.2) is 158 Å². The second kappa shape index (κ2) is 9.16. The van der Waals surface area contributed by atoms with Gasteiger partial charge in [-0.2, -0.15) is 0 Å². The maximum atomic E-state index is 15.7. The summed E-state index contributed by atoms with van der Waals surface area (Å²) in [6.45, 7) is 0. The van der Waals surface area contributed by atoms with Crippen molar-refractivity contribution < 1.29 is 4.57 Å². The molecule has 9 rings (SSSR count). The Bertz CT molecular complexity index is 2410. The van der Waals surface area contributed by atoms with E-state index in [-0.39, 0.29) is 0 Å². The number of aromatic nitrogens is 1. The lowest BCUT2D eigenvalue weighted by molar-refractivity contribution is 0.593. The molecule has 2 heterocycles. The maximum absolute atomic E-state index is 15.7. The van der Waals surface area contributed by atoms with Crippen LogP contribution in [0.3, 0.4) is 0 Å². The van der Waals surface area contributed by atoms with Gasteiger partial charge in [-0.15, -0.1) is 0 Å². The van der Waals surface area contributed by atoms with Gasteiger partial charge >= 0.3 is 0 Å². The Hall–Kier alpha value is -5.17. The highest BCUT2D eigenvalue weighted by Crippen LogP contribution is 2.54. The average molecular weight is 568 g/mol. The molecule has 43 heavy (non-hydrogen) atoms. The van der Waals surface area contributed by atoms with Gasteiger partial charge in [-0.05, 0) is 51.2 Å². The van der Waals surface area contributed by atoms with Gasteiger partial charge in [-0.25, -0.2) is 0 Å². The third-order valence-electron chi connectivity index (χ3n) is 9.00. The first-order valence-electron chi connectivity index (χ1n) is 14.6. The van der Waals surface area contributed by atoms with E-state index in [0.717, 1.165) is 54.5 Å². The Morgan fingerprint density at radius 3 is 2.00 bits per heavy atom. The molecule has 0 spiro atoms. The Morgan fingerprint density at radius 1 is 0.465 bits per heavy atom. The van der Waals surface area contributed by atoms with Crippen molar-refractivity contribution in [2.75, 3.05) is 0 Å². The van der Waals surface area contributed by atoms with Crippen molar-refractivity contribution in [3.05, 3.63) is 158 Å². The van der Waals surface area contributed by atoms with Crippen molar-refractivity contribution in [3.8, 4) is 27.9 Å². The van der Waals surface area contributed by atoms with Crippen LogP contribution in [0.2, 0.25) is 0 Å². The SMILES string of the molecule is O=P1(c2ccccc2)c2ccccc2-c2ccc3c4ccccc4n(-c4ccc(-c5cccc6ccccc56)cc4)c3c21. The smallest absolute Gasteiger partial charge is 0.174 e. The minimum absolute atomic E-state index is 0.872. The molecule has 0 saturated carbocycles. The molecular weight excluding hydrogens is 541 g/mol. The summed E-state index contributed by atoms with van der Waals surface area (Å²) in [7, 11) is -3.16. The second-order valence-electron chi connectivity index (χ2n) is 11.2. The molecule has 0 radical (unpaired) electrons. The Morgan fingerprint density at radius 2 is 1.14 bits per heavy atom. The fourth-order valence-electron chi connectivity index (χ4n) is 7.11. The normalized spacial score (nSPS) is 15.6. The van der Waals surface area contributed by atoms with Crippen molar-refractivity contribution in [2.45, 2.75) is 0 Å². The molecule has 8 aromatic rings. The first kappa shape index (κ1) is 24.4. The van der Waals surface area contributed by atoms with Gasteiger partial charge in [-0.3, -0.25) is 0 Å². The number of rotatable bonds is 3. The molecule has 1 unspecified atom stereocenters. The average Bonchev–Trinajstić information content (AvgIpc) is 3.55. The summed E-state index contributed by atoms with van der Waals surface area (Å²) >= 11 is 0. The van der Waals surface area contributed by atoms with Gasteiger partial charge in [0, 0.05) is 27.1 Å². The molecule has 7 aromatic carbocycles. The number of hydrogen-bond donors (Lipinski definition) is 0. The van der Waals surface area contributed by atoms with Crippen molar-refractivity contribution in [3.63, 3.8) is 0 Å². The van der Waals surface area contributed by atoms with Crippen LogP contribution in [0.5, 0.6) is 0 Å². The van der Waals surface area contributed by atoms with Crippen LogP contribution in [0, 0.1) is 0 Å². The number of hydrogen-bond acceptors (Lipinski definition) is 1. The molecule has 202 valence electrons. The number of para-hydroxylation sites is 1. The molecule has 1 aliphatic heterocycles. The Kier molecular flexibility index (Phi) is 5.21. The molecule has 0 bridgehead atoms. The monoisotopic (exact) mass is 567 g/mol. The standard InChI is InChI=1S/C40H26NOP/c42-43(30-13-2-1-3-14-30)38-20-9-7-17-34(38)36-26-25-35-33-16-6-8-19-37(33)41(39(35)40(36)43)29-23-21-28(22-24-29)32-18-10-12-27-11-4-5-15-31(27)32/h1-26H. The second-order valence-corrected chi connectivity index (χ2v) is 13.9. The third-order valence-corrected chi connectivity index (χ3v) is 12.2. The molecule has 0 saturated heterocycles. The summed E-state index contributed by atoms with van der Waals surface area (Å²) in [5.74, 6) is 0. The summed E-state index contributed by atoms with van der Waals surface area (Å²) in [4.78, 5) is 0. The first-order valence-corrected chi connectivity index (χ1v) is 16.3. The summed E-state index contributed by atoms with van der Waals surface area (Å²) in [5.41, 5.74) is 7.71. The van der Waals surface area contributed by atoms with E-state index < -0.39 is 7.14 Å². The Labute approximate surface area is 249 Å². The molecule has 1 atom stereocenters. The first-order chi connectivity index (χ1) is 21.2. The van der Waals surface area contributed by atoms with Crippen LogP contribution in [-0.2, 0) is 4.57 Å². The van der Waals surface area contributed by atoms with E-state index in [1.165, 1.54) is 21.9 Å². The molecule has 0 aliphatic carbocycles. The van der Waals surface area contributed by atoms with E-state index in [2.05, 4.69) is 126 Å². The molecule has 1 aliphatic rings. The van der Waals surface area contributed by atoms with E-state index in [1.54, 1.807) is 0 Å². The summed E-state index contributed by atoms with van der Waals surface area (Å²) < 4.78 is 18.0. The lowest BCUT2D eigenvalue weighted by Gasteiger charge is -2.19. The van der Waals surface area contributed by atoms with Gasteiger partial charge in [0.25, 0.3) is 0 Å². The fraction of sp³-hybridized carbons (Fsp3) is 0. The van der Waals surface area contributed by atoms with Gasteiger partial charge < -0.3 is 9.13 Å². The van der Waals surface area contributed by atoms with Crippen molar-refractivity contribution in [1.82, 2.24) is 4.57 Å². The lowest BCUT2D eigenvalue weighted by Crippen LogP contribution is -2.22. The molecule has 3 heteroatoms. The fourth-order valence-corrected chi connectivity index (χ4v) is 10.4. The minimum Gasteiger partial charge on any atom is -0.309 e. The predicted octanol–water partition coefficient (Wildman–Crippen LogP) is 9.22. The molecular formula is C40H26NOP. The summed E-state index contributed by atoms with van der Waals surface area (Å²) in [5, 5.41) is 7.49.